The van der Waals surface area contributed by atoms with Gasteiger partial charge < -0.3 is 9.47 Å². The molecule has 146 valence electrons. The number of carbonyl (C=O) groups is 2. The van der Waals surface area contributed by atoms with Crippen LogP contribution in [0.4, 0.5) is 10.5 Å². The first-order valence-electron chi connectivity index (χ1n) is 9.77. The van der Waals surface area contributed by atoms with Crippen molar-refractivity contribution in [3.05, 3.63) is 29.8 Å². The van der Waals surface area contributed by atoms with Crippen LogP contribution in [0.25, 0.3) is 0 Å². The first-order valence-corrected chi connectivity index (χ1v) is 9.77. The topological polar surface area (TPSA) is 64.6 Å². The zero-order valence-electron chi connectivity index (χ0n) is 16.4. The van der Waals surface area contributed by atoms with Crippen molar-refractivity contribution >= 4 is 17.7 Å². The summed E-state index contributed by atoms with van der Waals surface area (Å²) in [5.41, 5.74) is 1.32. The third kappa shape index (κ3) is 8.88. The maximum Gasteiger partial charge on any atom is 0.411 e. The van der Waals surface area contributed by atoms with Gasteiger partial charge in [-0.1, -0.05) is 64.7 Å². The second-order valence-corrected chi connectivity index (χ2v) is 6.55. The predicted octanol–water partition coefficient (Wildman–Crippen LogP) is 5.34. The van der Waals surface area contributed by atoms with Crippen LogP contribution < -0.4 is 5.32 Å². The number of unbranched alkanes of at least 4 members (excludes halogenated alkanes) is 2. The number of hydrogen-bond donors (Lipinski definition) is 1. The van der Waals surface area contributed by atoms with Crippen molar-refractivity contribution in [1.29, 1.82) is 0 Å². The molecule has 0 saturated heterocycles. The summed E-state index contributed by atoms with van der Waals surface area (Å²) in [5.74, 6) is 0.148. The van der Waals surface area contributed by atoms with Gasteiger partial charge in [-0.05, 0) is 30.4 Å². The molecule has 0 spiro atoms. The molecule has 0 aromatic heterocycles. The van der Waals surface area contributed by atoms with Crippen LogP contribution >= 0.6 is 0 Å². The van der Waals surface area contributed by atoms with Gasteiger partial charge in [-0.15, -0.1) is 0 Å². The van der Waals surface area contributed by atoms with E-state index < -0.39 is 6.09 Å². The summed E-state index contributed by atoms with van der Waals surface area (Å²) < 4.78 is 10.6. The monoisotopic (exact) mass is 363 g/mol. The van der Waals surface area contributed by atoms with Gasteiger partial charge in [0.15, 0.2) is 0 Å². The first kappa shape index (κ1) is 22.0. The number of amides is 1. The number of esters is 1. The Labute approximate surface area is 157 Å². The van der Waals surface area contributed by atoms with Gasteiger partial charge in [0.05, 0.1) is 19.6 Å². The van der Waals surface area contributed by atoms with E-state index in [1.165, 1.54) is 0 Å². The van der Waals surface area contributed by atoms with E-state index in [0.29, 0.717) is 24.8 Å². The minimum atomic E-state index is -0.495. The maximum absolute atomic E-state index is 12.2. The fourth-order valence-corrected chi connectivity index (χ4v) is 2.57. The van der Waals surface area contributed by atoms with Crippen molar-refractivity contribution in [1.82, 2.24) is 0 Å². The molecule has 1 atom stereocenters. The molecule has 1 amide bonds. The normalized spacial score (nSPS) is 11.7. The van der Waals surface area contributed by atoms with E-state index >= 15 is 0 Å². The molecule has 1 aromatic carbocycles. The maximum atomic E-state index is 12.2. The smallest absolute Gasteiger partial charge is 0.411 e. The molecular weight excluding hydrogens is 330 g/mol. The molecule has 1 N–H and O–H groups in total. The molecule has 1 rings (SSSR count). The average molecular weight is 363 g/mol. The van der Waals surface area contributed by atoms with Crippen molar-refractivity contribution in [2.75, 3.05) is 18.5 Å². The van der Waals surface area contributed by atoms with Crippen LogP contribution in [-0.4, -0.2) is 25.3 Å². The molecule has 0 aliphatic heterocycles. The molecular formula is C21H33NO4. The minimum Gasteiger partial charge on any atom is -0.465 e. The molecule has 0 aliphatic carbocycles. The molecule has 5 nitrogen and oxygen atoms in total. The Bertz CT molecular complexity index is 545. The molecule has 0 bridgehead atoms. The molecule has 1 unspecified atom stereocenters. The molecule has 5 heteroatoms. The second-order valence-electron chi connectivity index (χ2n) is 6.55. The zero-order valence-corrected chi connectivity index (χ0v) is 16.4. The van der Waals surface area contributed by atoms with Crippen LogP contribution in [0.1, 0.15) is 64.9 Å². The number of ether oxygens (including phenoxy) is 2. The van der Waals surface area contributed by atoms with E-state index in [4.69, 9.17) is 9.47 Å². The lowest BCUT2D eigenvalue weighted by Crippen LogP contribution is -2.18. The van der Waals surface area contributed by atoms with Gasteiger partial charge in [0.25, 0.3) is 0 Å². The molecule has 26 heavy (non-hydrogen) atoms. The fourth-order valence-electron chi connectivity index (χ4n) is 2.57. The number of rotatable bonds is 12. The number of hydrogen-bond acceptors (Lipinski definition) is 4. The highest BCUT2D eigenvalue weighted by molar-refractivity contribution is 5.87. The Hall–Kier alpha value is -2.04. The quantitative estimate of drug-likeness (QED) is 0.402. The Balaban J connectivity index is 2.53. The summed E-state index contributed by atoms with van der Waals surface area (Å²) in [5, 5.41) is 2.71. The lowest BCUT2D eigenvalue weighted by atomic mass is 10.0. The molecule has 0 saturated carbocycles. The highest BCUT2D eigenvalue weighted by Crippen LogP contribution is 2.18. The third-order valence-corrected chi connectivity index (χ3v) is 4.34. The lowest BCUT2D eigenvalue weighted by molar-refractivity contribution is -0.144. The number of para-hydroxylation sites is 1. The molecule has 1 aromatic rings. The van der Waals surface area contributed by atoms with Crippen LogP contribution in [0, 0.1) is 5.92 Å². The molecule has 0 heterocycles. The van der Waals surface area contributed by atoms with E-state index in [9.17, 15) is 9.59 Å². The van der Waals surface area contributed by atoms with Gasteiger partial charge in [-0.3, -0.25) is 10.1 Å². The Kier molecular flexibility index (Phi) is 11.2. The van der Waals surface area contributed by atoms with Crippen molar-refractivity contribution < 1.29 is 19.1 Å². The van der Waals surface area contributed by atoms with Gasteiger partial charge in [-0.2, -0.15) is 0 Å². The van der Waals surface area contributed by atoms with Crippen LogP contribution in [0.2, 0.25) is 0 Å². The van der Waals surface area contributed by atoms with Gasteiger partial charge in [0, 0.05) is 5.69 Å². The van der Waals surface area contributed by atoms with Gasteiger partial charge >= 0.3 is 12.1 Å². The van der Waals surface area contributed by atoms with Crippen LogP contribution in [0.5, 0.6) is 0 Å². The zero-order chi connectivity index (χ0) is 19.2. The Morgan fingerprint density at radius 3 is 2.46 bits per heavy atom. The van der Waals surface area contributed by atoms with Crippen molar-refractivity contribution in [2.45, 2.75) is 65.7 Å². The van der Waals surface area contributed by atoms with E-state index in [1.54, 1.807) is 6.07 Å². The predicted molar refractivity (Wildman–Crippen MR) is 104 cm³/mol. The average Bonchev–Trinajstić information content (AvgIpc) is 2.64. The molecule has 0 radical (unpaired) electrons. The van der Waals surface area contributed by atoms with E-state index in [-0.39, 0.29) is 12.4 Å². The van der Waals surface area contributed by atoms with Gasteiger partial charge in [0.2, 0.25) is 0 Å². The minimum absolute atomic E-state index is 0.135. The van der Waals surface area contributed by atoms with Crippen LogP contribution in [0.15, 0.2) is 24.3 Å². The van der Waals surface area contributed by atoms with E-state index in [2.05, 4.69) is 19.2 Å². The number of carbonyl (C=O) groups excluding carboxylic acids is 2. The van der Waals surface area contributed by atoms with Crippen molar-refractivity contribution in [3.63, 3.8) is 0 Å². The summed E-state index contributed by atoms with van der Waals surface area (Å²) in [6.45, 7) is 7.17. The Morgan fingerprint density at radius 1 is 1.04 bits per heavy atom. The van der Waals surface area contributed by atoms with Crippen molar-refractivity contribution in [2.24, 2.45) is 5.92 Å². The Morgan fingerprint density at radius 2 is 1.77 bits per heavy atom. The SMILES string of the molecule is CCCCOC(=O)Nc1ccccc1CC(=O)OCC(CC)CCCC. The summed E-state index contributed by atoms with van der Waals surface area (Å²) >= 11 is 0. The lowest BCUT2D eigenvalue weighted by Gasteiger charge is -2.15. The molecule has 0 aliphatic rings. The largest absolute Gasteiger partial charge is 0.465 e. The summed E-state index contributed by atoms with van der Waals surface area (Å²) in [6, 6.07) is 7.23. The van der Waals surface area contributed by atoms with Crippen molar-refractivity contribution in [3.8, 4) is 0 Å². The first-order chi connectivity index (χ1) is 12.6. The summed E-state index contributed by atoms with van der Waals surface area (Å²) in [7, 11) is 0. The van der Waals surface area contributed by atoms with Crippen LogP contribution in [0.3, 0.4) is 0 Å². The number of nitrogens with one attached hydrogen (secondary N) is 1. The number of anilines is 1. The van der Waals surface area contributed by atoms with E-state index in [0.717, 1.165) is 44.1 Å². The van der Waals surface area contributed by atoms with Gasteiger partial charge in [-0.25, -0.2) is 4.79 Å². The highest BCUT2D eigenvalue weighted by atomic mass is 16.5. The summed E-state index contributed by atoms with van der Waals surface area (Å²) in [6.07, 6.45) is 5.84. The summed E-state index contributed by atoms with van der Waals surface area (Å²) in [4.78, 5) is 24.0. The van der Waals surface area contributed by atoms with E-state index in [1.807, 2.05) is 25.1 Å². The second kappa shape index (κ2) is 13.2. The van der Waals surface area contributed by atoms with Crippen LogP contribution in [-0.2, 0) is 20.7 Å². The highest BCUT2D eigenvalue weighted by Gasteiger charge is 2.14. The number of benzene rings is 1. The fraction of sp³-hybridized carbons (Fsp3) is 0.619. The standard InChI is InChI=1S/C21H33NO4/c1-4-7-11-17(6-3)16-26-20(23)15-18-12-9-10-13-19(18)22-21(24)25-14-8-5-2/h9-10,12-13,17H,4-8,11,14-16H2,1-3H3,(H,22,24). The van der Waals surface area contributed by atoms with Gasteiger partial charge in [0.1, 0.15) is 0 Å². The third-order valence-electron chi connectivity index (χ3n) is 4.34. The molecule has 0 fully saturated rings.